The van der Waals surface area contributed by atoms with E-state index in [0.29, 0.717) is 17.6 Å². The molecule has 0 saturated carbocycles. The SMILES string of the molecule is Fc1cc(CNCCOCC(F)F)ccc1Br. The summed E-state index contributed by atoms with van der Waals surface area (Å²) in [5, 5.41) is 2.97. The van der Waals surface area contributed by atoms with E-state index >= 15 is 0 Å². The van der Waals surface area contributed by atoms with E-state index in [1.165, 1.54) is 6.07 Å². The van der Waals surface area contributed by atoms with Crippen molar-refractivity contribution in [3.8, 4) is 0 Å². The molecular formula is C11H13BrF3NO. The minimum Gasteiger partial charge on any atom is -0.374 e. The molecule has 1 aromatic carbocycles. The molecule has 17 heavy (non-hydrogen) atoms. The summed E-state index contributed by atoms with van der Waals surface area (Å²) in [6.07, 6.45) is -2.43. The van der Waals surface area contributed by atoms with E-state index in [4.69, 9.17) is 0 Å². The first-order valence-corrected chi connectivity index (χ1v) is 5.89. The van der Waals surface area contributed by atoms with Crippen molar-refractivity contribution < 1.29 is 17.9 Å². The van der Waals surface area contributed by atoms with Crippen molar-refractivity contribution in [3.05, 3.63) is 34.1 Å². The van der Waals surface area contributed by atoms with E-state index < -0.39 is 13.0 Å². The lowest BCUT2D eigenvalue weighted by Crippen LogP contribution is -2.20. The molecule has 2 nitrogen and oxygen atoms in total. The second-order valence-electron chi connectivity index (χ2n) is 3.39. The standard InChI is InChI=1S/C11H13BrF3NO/c12-9-2-1-8(5-10(9)13)6-16-3-4-17-7-11(14)15/h1-2,5,11,16H,3-4,6-7H2. The van der Waals surface area contributed by atoms with Crippen molar-refractivity contribution in [1.29, 1.82) is 0 Å². The van der Waals surface area contributed by atoms with Gasteiger partial charge in [-0.3, -0.25) is 0 Å². The maximum Gasteiger partial charge on any atom is 0.261 e. The summed E-state index contributed by atoms with van der Waals surface area (Å²) in [6, 6.07) is 4.82. The van der Waals surface area contributed by atoms with E-state index in [0.717, 1.165) is 5.56 Å². The van der Waals surface area contributed by atoms with Crippen LogP contribution < -0.4 is 5.32 Å². The smallest absolute Gasteiger partial charge is 0.261 e. The van der Waals surface area contributed by atoms with Gasteiger partial charge in [-0.1, -0.05) is 6.07 Å². The van der Waals surface area contributed by atoms with Crippen LogP contribution in [0.25, 0.3) is 0 Å². The van der Waals surface area contributed by atoms with Crippen molar-refractivity contribution in [1.82, 2.24) is 5.32 Å². The van der Waals surface area contributed by atoms with Crippen LogP contribution in [0, 0.1) is 5.82 Å². The fourth-order valence-corrected chi connectivity index (χ4v) is 1.45. The van der Waals surface area contributed by atoms with Crippen molar-refractivity contribution in [3.63, 3.8) is 0 Å². The molecule has 0 atom stereocenters. The lowest BCUT2D eigenvalue weighted by atomic mass is 10.2. The average molecular weight is 312 g/mol. The lowest BCUT2D eigenvalue weighted by molar-refractivity contribution is 0.0187. The van der Waals surface area contributed by atoms with Crippen LogP contribution in [0.4, 0.5) is 13.2 Å². The third-order valence-electron chi connectivity index (χ3n) is 1.98. The number of benzene rings is 1. The number of halogens is 4. The highest BCUT2D eigenvalue weighted by Gasteiger charge is 2.02. The van der Waals surface area contributed by atoms with Gasteiger partial charge in [-0.2, -0.15) is 0 Å². The topological polar surface area (TPSA) is 21.3 Å². The van der Waals surface area contributed by atoms with Gasteiger partial charge in [0.1, 0.15) is 12.4 Å². The summed E-state index contributed by atoms with van der Waals surface area (Å²) in [5.41, 5.74) is 0.791. The molecule has 0 aliphatic rings. The summed E-state index contributed by atoms with van der Waals surface area (Å²) in [7, 11) is 0. The first-order chi connectivity index (χ1) is 8.09. The van der Waals surface area contributed by atoms with Crippen LogP contribution in [0.15, 0.2) is 22.7 Å². The van der Waals surface area contributed by atoms with Crippen molar-refractivity contribution >= 4 is 15.9 Å². The molecule has 1 rings (SSSR count). The van der Waals surface area contributed by atoms with Gasteiger partial charge in [0.25, 0.3) is 6.43 Å². The van der Waals surface area contributed by atoms with Crippen LogP contribution in [-0.4, -0.2) is 26.2 Å². The Kier molecular flexibility index (Phi) is 6.54. The summed E-state index contributed by atoms with van der Waals surface area (Å²) in [5.74, 6) is -0.321. The minimum absolute atomic E-state index is 0.212. The molecule has 0 saturated heterocycles. The zero-order valence-corrected chi connectivity index (χ0v) is 10.6. The van der Waals surface area contributed by atoms with Gasteiger partial charge in [0.05, 0.1) is 11.1 Å². The van der Waals surface area contributed by atoms with Crippen molar-refractivity contribution in [2.45, 2.75) is 13.0 Å². The number of nitrogens with one attached hydrogen (secondary N) is 1. The molecule has 0 amide bonds. The Morgan fingerprint density at radius 1 is 1.35 bits per heavy atom. The van der Waals surface area contributed by atoms with Crippen LogP contribution in [0.3, 0.4) is 0 Å². The van der Waals surface area contributed by atoms with Crippen LogP contribution in [0.2, 0.25) is 0 Å². The normalized spacial score (nSPS) is 11.1. The number of hydrogen-bond acceptors (Lipinski definition) is 2. The summed E-state index contributed by atoms with van der Waals surface area (Å²) in [4.78, 5) is 0. The van der Waals surface area contributed by atoms with Crippen LogP contribution >= 0.6 is 15.9 Å². The predicted molar refractivity (Wildman–Crippen MR) is 62.6 cm³/mol. The Balaban J connectivity index is 2.16. The number of ether oxygens (including phenoxy) is 1. The summed E-state index contributed by atoms with van der Waals surface area (Å²) >= 11 is 3.06. The Labute approximate surface area is 106 Å². The van der Waals surface area contributed by atoms with Gasteiger partial charge >= 0.3 is 0 Å². The monoisotopic (exact) mass is 311 g/mol. The van der Waals surface area contributed by atoms with Gasteiger partial charge in [0.2, 0.25) is 0 Å². The predicted octanol–water partition coefficient (Wildman–Crippen LogP) is 2.96. The first-order valence-electron chi connectivity index (χ1n) is 5.10. The third-order valence-corrected chi connectivity index (χ3v) is 2.62. The molecule has 0 aliphatic carbocycles. The summed E-state index contributed by atoms with van der Waals surface area (Å²) < 4.78 is 41.6. The fraction of sp³-hybridized carbons (Fsp3) is 0.455. The van der Waals surface area contributed by atoms with Gasteiger partial charge in [0, 0.05) is 13.1 Å². The molecule has 0 unspecified atom stereocenters. The molecule has 0 radical (unpaired) electrons. The molecule has 0 heterocycles. The zero-order chi connectivity index (χ0) is 12.7. The van der Waals surface area contributed by atoms with Gasteiger partial charge in [-0.15, -0.1) is 0 Å². The second-order valence-corrected chi connectivity index (χ2v) is 4.25. The van der Waals surface area contributed by atoms with E-state index in [9.17, 15) is 13.2 Å². The van der Waals surface area contributed by atoms with Crippen molar-refractivity contribution in [2.24, 2.45) is 0 Å². The van der Waals surface area contributed by atoms with Crippen LogP contribution in [-0.2, 0) is 11.3 Å². The number of hydrogen-bond donors (Lipinski definition) is 1. The Bertz CT molecular complexity index is 349. The Hall–Kier alpha value is -0.590. The lowest BCUT2D eigenvalue weighted by Gasteiger charge is -2.06. The van der Waals surface area contributed by atoms with Crippen molar-refractivity contribution in [2.75, 3.05) is 19.8 Å². The van der Waals surface area contributed by atoms with E-state index in [1.807, 2.05) is 0 Å². The van der Waals surface area contributed by atoms with Gasteiger partial charge < -0.3 is 10.1 Å². The highest BCUT2D eigenvalue weighted by atomic mass is 79.9. The quantitative estimate of drug-likeness (QED) is 0.782. The average Bonchev–Trinajstić information content (AvgIpc) is 2.27. The number of alkyl halides is 2. The molecular weight excluding hydrogens is 299 g/mol. The highest BCUT2D eigenvalue weighted by Crippen LogP contribution is 2.16. The molecule has 1 aromatic rings. The van der Waals surface area contributed by atoms with Gasteiger partial charge in [-0.25, -0.2) is 13.2 Å². The molecule has 0 spiro atoms. The fourth-order valence-electron chi connectivity index (χ4n) is 1.20. The molecule has 1 N–H and O–H groups in total. The number of rotatable bonds is 7. The van der Waals surface area contributed by atoms with E-state index in [2.05, 4.69) is 26.0 Å². The highest BCUT2D eigenvalue weighted by molar-refractivity contribution is 9.10. The second kappa shape index (κ2) is 7.68. The molecule has 6 heteroatoms. The van der Waals surface area contributed by atoms with Gasteiger partial charge in [-0.05, 0) is 33.6 Å². The Morgan fingerprint density at radius 3 is 2.76 bits per heavy atom. The maximum atomic E-state index is 13.1. The van der Waals surface area contributed by atoms with Crippen LogP contribution in [0.5, 0.6) is 0 Å². The molecule has 0 aromatic heterocycles. The Morgan fingerprint density at radius 2 is 2.12 bits per heavy atom. The van der Waals surface area contributed by atoms with E-state index in [1.54, 1.807) is 12.1 Å². The molecule has 0 aliphatic heterocycles. The first kappa shape index (κ1) is 14.5. The van der Waals surface area contributed by atoms with E-state index in [-0.39, 0.29) is 12.4 Å². The largest absolute Gasteiger partial charge is 0.374 e. The molecule has 96 valence electrons. The molecule has 0 fully saturated rings. The maximum absolute atomic E-state index is 13.1. The van der Waals surface area contributed by atoms with Crippen LogP contribution in [0.1, 0.15) is 5.56 Å². The van der Waals surface area contributed by atoms with Gasteiger partial charge in [0.15, 0.2) is 0 Å². The molecule has 0 bridgehead atoms. The summed E-state index contributed by atoms with van der Waals surface area (Å²) in [6.45, 7) is 0.588. The third kappa shape index (κ3) is 6.05. The minimum atomic E-state index is -2.43. The zero-order valence-electron chi connectivity index (χ0n) is 9.06.